The quantitative estimate of drug-likeness (QED) is 0.0227. The molecule has 0 saturated heterocycles. The molecule has 4 aliphatic rings. The van der Waals surface area contributed by atoms with Gasteiger partial charge in [-0.25, -0.2) is 0 Å². The van der Waals surface area contributed by atoms with Gasteiger partial charge in [0.2, 0.25) is 0 Å². The number of aliphatic hydroxyl groups excluding tert-OH is 4. The van der Waals surface area contributed by atoms with Crippen molar-refractivity contribution in [2.75, 3.05) is 0 Å². The number of aryl methyl sites for hydroxylation is 10. The summed E-state index contributed by atoms with van der Waals surface area (Å²) in [6.45, 7) is 50.1. The first-order valence-electron chi connectivity index (χ1n) is 54.0. The van der Waals surface area contributed by atoms with Crippen LogP contribution in [0, 0.1) is 153 Å². The topological polar surface area (TPSA) is 201 Å². The number of ketones is 4. The maximum absolute atomic E-state index is 12.0. The third kappa shape index (κ3) is 42.5. The van der Waals surface area contributed by atoms with Gasteiger partial charge in [-0.15, -0.1) is 140 Å². The number of fused-ring (bicyclic) bond motifs is 4. The van der Waals surface area contributed by atoms with E-state index < -0.39 is 0 Å². The van der Waals surface area contributed by atoms with E-state index in [1.165, 1.54) is 173 Å². The van der Waals surface area contributed by atoms with Gasteiger partial charge in [-0.2, -0.15) is 0 Å². The van der Waals surface area contributed by atoms with E-state index in [2.05, 4.69) is 314 Å². The van der Waals surface area contributed by atoms with Gasteiger partial charge >= 0.3 is 0 Å². The van der Waals surface area contributed by atoms with Crippen LogP contribution < -0.4 is 0 Å². The summed E-state index contributed by atoms with van der Waals surface area (Å²) in [6, 6.07) is 70.1. The first kappa shape index (κ1) is 129. The number of nitrogens with zero attached hydrogens (tertiary/aromatic N) is 4. The van der Waals surface area contributed by atoms with Crippen LogP contribution in [0.3, 0.4) is 0 Å². The van der Waals surface area contributed by atoms with Crippen molar-refractivity contribution in [3.8, 4) is 45.0 Å². The number of aromatic nitrogens is 4. The van der Waals surface area contributed by atoms with Gasteiger partial charge in [-0.1, -0.05) is 294 Å². The standard InChI is InChI=1S/C25H30N.2C21H22N.C19H18N.C15H24O2.C13H20O2.C13H24O2.C5H8O2.4Ir/c1-16(2)9-20-14-21(10-17(3)4)23-7-8-24(26-25(23)15-20)22-12-18(5)11-19(6)13-22;2*1-14(2)10-17-6-5-7-21-19(17)8-9-20(22-21)18-12-15(3)11-16(4)13-18;1-12-7-13(2)10-16(9-12)18-6-5-17-15(4)8-14(3)11-19(17)20-18;16-14(12-7-3-1-4-8-12)11-15(17)13-9-5-2-6-10-13;14-12(10-5-1-2-6-10)9-13(15)11-7-3-4-8-11;1-5-8-10(4)12(14)9-13(15)11(6-2)7-3;1-4(6)3-5(2)7;;;;/h7-8,11-12,14-17H,9-10H2,1-6H3;2*5-9,11-12,14H,10H2,1-4H3;5-9,11H,1-4H3;11-13,16H,1-10H2;9-11,14H,1-8H2;9-11,15H,5-8H2,1-4H3;3,6H,1-2H3;;;;/q4*-1;;;;;;;;. The number of benzene rings is 8. The number of carbonyl (C=O) groups excluding carboxylic acids is 4. The van der Waals surface area contributed by atoms with Crippen molar-refractivity contribution >= 4 is 66.7 Å². The number of pyridine rings is 4. The summed E-state index contributed by atoms with van der Waals surface area (Å²) in [6.07, 6.45) is 34.0. The maximum atomic E-state index is 12.0. The van der Waals surface area contributed by atoms with Crippen LogP contribution in [0.25, 0.3) is 88.6 Å². The Morgan fingerprint density at radius 2 is 0.662 bits per heavy atom. The van der Waals surface area contributed by atoms with Crippen LogP contribution >= 0.6 is 0 Å². The van der Waals surface area contributed by atoms with Crippen molar-refractivity contribution in [1.82, 2.24) is 19.9 Å². The molecule has 4 heterocycles. The zero-order valence-corrected chi connectivity index (χ0v) is 103. The molecule has 804 valence electrons. The molecular weight excluding hydrogens is 2540 g/mol. The fraction of sp³-hybridized carbons (Fsp3) is 0.455. The summed E-state index contributed by atoms with van der Waals surface area (Å²) in [7, 11) is 0. The molecule has 12 nitrogen and oxygen atoms in total. The fourth-order valence-electron chi connectivity index (χ4n) is 20.5. The first-order chi connectivity index (χ1) is 68.6. The molecule has 8 aromatic carbocycles. The molecule has 0 aliphatic heterocycles. The SMILES string of the molecule is CC(=O)C=C(C)O.CCCC(C)C(=O)C=C(O)C(CC)CC.Cc1[c-]c(-c2ccc3c(C)cc(C)cc3n2)cc(C)c1.Cc1[c-]c(-c2ccc3c(CC(C)C)cc(CC(C)C)cc3n2)cc(C)c1.Cc1[c-]c(-c2ccc3c(CC(C)C)cccc3n2)cc(C)c1.Cc1[c-]c(-c2ccc3c(CC(C)C)cccc3n2)cc(C)c1.O=C(C=C(O)C1CCCC1)C1CCCC1.O=C(C=C(O)C1CCCCC1)C1CCCCC1.[Ir].[Ir].[Ir].[Ir]. The molecule has 4 saturated carbocycles. The second-order valence-electron chi connectivity index (χ2n) is 43.3. The second kappa shape index (κ2) is 65.3. The molecule has 0 amide bonds. The molecule has 12 aromatic rings. The Balaban J connectivity index is 0.000000301. The van der Waals surface area contributed by atoms with E-state index in [1.807, 2.05) is 20.8 Å². The van der Waals surface area contributed by atoms with E-state index >= 15 is 0 Å². The number of hydrogen-bond acceptors (Lipinski definition) is 12. The van der Waals surface area contributed by atoms with Crippen LogP contribution in [0.2, 0.25) is 0 Å². The maximum Gasteiger partial charge on any atom is 0.162 e. The van der Waals surface area contributed by atoms with Gasteiger partial charge in [0.1, 0.15) is 0 Å². The summed E-state index contributed by atoms with van der Waals surface area (Å²) in [5.41, 5.74) is 30.4. The van der Waals surface area contributed by atoms with E-state index in [0.717, 1.165) is 192 Å². The van der Waals surface area contributed by atoms with Crippen molar-refractivity contribution in [3.05, 3.63) is 307 Å². The van der Waals surface area contributed by atoms with Gasteiger partial charge in [-0.05, 0) is 228 Å². The number of rotatable bonds is 26. The molecule has 0 bridgehead atoms. The molecule has 1 unspecified atom stereocenters. The van der Waals surface area contributed by atoms with Crippen molar-refractivity contribution in [2.24, 2.45) is 59.2 Å². The molecule has 4 fully saturated rings. The third-order valence-electron chi connectivity index (χ3n) is 27.4. The summed E-state index contributed by atoms with van der Waals surface area (Å²) >= 11 is 0. The van der Waals surface area contributed by atoms with Crippen LogP contribution in [0.1, 0.15) is 316 Å². The van der Waals surface area contributed by atoms with Crippen LogP contribution in [0.4, 0.5) is 0 Å². The van der Waals surface area contributed by atoms with Crippen molar-refractivity contribution in [1.29, 1.82) is 0 Å². The van der Waals surface area contributed by atoms with E-state index in [4.69, 9.17) is 25.0 Å². The fourth-order valence-corrected chi connectivity index (χ4v) is 20.5. The smallest absolute Gasteiger partial charge is 0.162 e. The minimum absolute atomic E-state index is 0. The van der Waals surface area contributed by atoms with E-state index in [-0.39, 0.29) is 151 Å². The monoisotopic (exact) mass is 2710 g/mol. The predicted molar refractivity (Wildman–Crippen MR) is 605 cm³/mol. The average molecular weight is 2710 g/mol. The number of allylic oxidation sites excluding steroid dienone is 8. The molecule has 1 atom stereocenters. The largest absolute Gasteiger partial charge is 0.512 e. The Hall–Kier alpha value is -9.16. The van der Waals surface area contributed by atoms with Gasteiger partial charge in [0.25, 0.3) is 0 Å². The Morgan fingerprint density at radius 1 is 0.345 bits per heavy atom. The molecule has 148 heavy (non-hydrogen) atoms. The Morgan fingerprint density at radius 3 is 0.986 bits per heavy atom. The summed E-state index contributed by atoms with van der Waals surface area (Å²) in [4.78, 5) is 65.0. The van der Waals surface area contributed by atoms with Gasteiger partial charge in [0.15, 0.2) is 23.1 Å². The minimum atomic E-state index is -0.125. The molecule has 4 radical (unpaired) electrons. The van der Waals surface area contributed by atoms with Gasteiger partial charge in [0.05, 0.1) is 45.1 Å². The zero-order valence-electron chi connectivity index (χ0n) is 93.0. The molecule has 4 aliphatic carbocycles. The summed E-state index contributed by atoms with van der Waals surface area (Å²) in [5, 5.41) is 43.0. The van der Waals surface area contributed by atoms with E-state index in [0.29, 0.717) is 35.2 Å². The van der Waals surface area contributed by atoms with Crippen LogP contribution in [-0.4, -0.2) is 63.5 Å². The molecule has 16 rings (SSSR count). The molecular formula is C132H168Ir4N4O8-4. The minimum Gasteiger partial charge on any atom is -0.512 e. The summed E-state index contributed by atoms with van der Waals surface area (Å²) < 4.78 is 0. The van der Waals surface area contributed by atoms with Gasteiger partial charge < -0.3 is 20.4 Å². The third-order valence-corrected chi connectivity index (χ3v) is 27.4. The second-order valence-corrected chi connectivity index (χ2v) is 43.3. The Kier molecular flexibility index (Phi) is 57.0. The number of hydrogen-bond donors (Lipinski definition) is 4. The van der Waals surface area contributed by atoms with Gasteiger partial charge in [0, 0.05) is 162 Å². The van der Waals surface area contributed by atoms with Crippen LogP contribution in [0.15, 0.2) is 205 Å². The average Bonchev–Trinajstić information content (AvgIpc) is 1.09. The molecule has 16 heteroatoms. The summed E-state index contributed by atoms with van der Waals surface area (Å²) in [5.74, 6) is 4.99. The van der Waals surface area contributed by atoms with Crippen LogP contribution in [-0.2, 0) is 125 Å². The Labute approximate surface area is 943 Å². The van der Waals surface area contributed by atoms with E-state index in [9.17, 15) is 34.5 Å². The zero-order chi connectivity index (χ0) is 105. The Bertz CT molecular complexity index is 6170. The van der Waals surface area contributed by atoms with Crippen molar-refractivity contribution in [3.63, 3.8) is 0 Å². The van der Waals surface area contributed by atoms with E-state index in [1.54, 1.807) is 6.08 Å². The predicted octanol–water partition coefficient (Wildman–Crippen LogP) is 35.1. The molecule has 4 aromatic heterocycles. The normalized spacial score (nSPS) is 14.3. The molecule has 0 spiro atoms. The number of carbonyl (C=O) groups is 4. The van der Waals surface area contributed by atoms with Crippen molar-refractivity contribution < 1.29 is 120 Å². The van der Waals surface area contributed by atoms with Crippen LogP contribution in [0.5, 0.6) is 0 Å². The number of aliphatic hydroxyl groups is 4. The van der Waals surface area contributed by atoms with Crippen molar-refractivity contribution in [2.45, 2.75) is 333 Å². The first-order valence-corrected chi connectivity index (χ1v) is 54.0. The molecule has 4 N–H and O–H groups in total. The van der Waals surface area contributed by atoms with Gasteiger partial charge in [-0.3, -0.25) is 39.1 Å².